The van der Waals surface area contributed by atoms with E-state index in [1.165, 1.54) is 405 Å². The number of carbonyl (C=O) groups excluding carboxylic acids is 2. The molecule has 0 aliphatic rings. The zero-order chi connectivity index (χ0) is 73.3. The second-order valence-electron chi connectivity index (χ2n) is 32.3. The van der Waals surface area contributed by atoms with E-state index in [1.54, 1.807) is 0 Å². The summed E-state index contributed by atoms with van der Waals surface area (Å²) in [6.07, 6.45) is 109. The first kappa shape index (κ1) is 99.2. The lowest BCUT2D eigenvalue weighted by Crippen LogP contribution is -2.37. The molecule has 0 aromatic rings. The van der Waals surface area contributed by atoms with Gasteiger partial charge in [0.2, 0.25) is 0 Å². The molecule has 0 fully saturated rings. The van der Waals surface area contributed by atoms with Crippen LogP contribution in [0.15, 0.2) is 36.5 Å². The minimum atomic E-state index is -4.64. The second kappa shape index (κ2) is 82.3. The van der Waals surface area contributed by atoms with Crippen LogP contribution >= 0.6 is 7.82 Å². The summed E-state index contributed by atoms with van der Waals surface area (Å²) in [6, 6.07) is 0. The Hall–Kier alpha value is -1.77. The van der Waals surface area contributed by atoms with Gasteiger partial charge in [0.05, 0.1) is 27.7 Å². The van der Waals surface area contributed by atoms with Crippen LogP contribution < -0.4 is 4.89 Å². The number of phosphoric ester groups is 1. The minimum Gasteiger partial charge on any atom is -0.756 e. The topological polar surface area (TPSA) is 111 Å². The molecule has 0 rings (SSSR count). The molecular weight excluding hydrogens is 1270 g/mol. The van der Waals surface area contributed by atoms with Gasteiger partial charge in [-0.25, -0.2) is 0 Å². The zero-order valence-electron chi connectivity index (χ0n) is 68.6. The Morgan fingerprint density at radius 1 is 0.307 bits per heavy atom. The average molecular weight is 1440 g/mol. The molecule has 0 N–H and O–H groups in total. The maximum Gasteiger partial charge on any atom is 0.306 e. The summed E-state index contributed by atoms with van der Waals surface area (Å²) in [5.74, 6) is -0.803. The number of ether oxygens (including phenoxy) is 2. The first-order chi connectivity index (χ1) is 49.5. The molecule has 2 unspecified atom stereocenters. The molecule has 0 saturated carbocycles. The second-order valence-corrected chi connectivity index (χ2v) is 33.7. The fourth-order valence-corrected chi connectivity index (χ4v) is 14.8. The van der Waals surface area contributed by atoms with Crippen molar-refractivity contribution in [2.45, 2.75) is 489 Å². The van der Waals surface area contributed by atoms with Gasteiger partial charge in [-0.1, -0.05) is 455 Å². The van der Waals surface area contributed by atoms with Gasteiger partial charge >= 0.3 is 11.9 Å². The van der Waals surface area contributed by atoms with Crippen LogP contribution in [0, 0.1) is 0 Å². The molecule has 2 atom stereocenters. The summed E-state index contributed by atoms with van der Waals surface area (Å²) in [5, 5.41) is 0. The molecule has 0 aromatic carbocycles. The number of unbranched alkanes of at least 4 members (excludes halogenated alkanes) is 66. The first-order valence-corrected chi connectivity index (χ1v) is 46.7. The SMILES string of the molecule is CCCCCCC/C=C\C/C=C\C/C=C\CCCCCCCCCCCCCCCCCCCCCCCCC(=O)OC(COC(=O)CCCCCCCCCCCCCCCCCCCCCCCCCCCCCCCCCCCCCCCCCC)COP(=O)([O-])OCC[N+](C)(C)C. The van der Waals surface area contributed by atoms with Crippen LogP contribution in [0.4, 0.5) is 0 Å². The Morgan fingerprint density at radius 2 is 0.535 bits per heavy atom. The molecule has 0 aliphatic carbocycles. The molecule has 0 aromatic heterocycles. The Morgan fingerprint density at radius 3 is 0.792 bits per heavy atom. The Balaban J connectivity index is 3.83. The maximum atomic E-state index is 12.9. The van der Waals surface area contributed by atoms with Gasteiger partial charge in [-0.3, -0.25) is 14.2 Å². The summed E-state index contributed by atoms with van der Waals surface area (Å²) in [4.78, 5) is 38.3. The first-order valence-electron chi connectivity index (χ1n) is 45.2. The number of quaternary nitrogens is 1. The maximum absolute atomic E-state index is 12.9. The van der Waals surface area contributed by atoms with E-state index >= 15 is 0 Å². The predicted molar refractivity (Wildman–Crippen MR) is 439 cm³/mol. The van der Waals surface area contributed by atoms with Crippen molar-refractivity contribution in [3.63, 3.8) is 0 Å². The van der Waals surface area contributed by atoms with Gasteiger partial charge < -0.3 is 27.9 Å². The van der Waals surface area contributed by atoms with Gasteiger partial charge in [0.25, 0.3) is 7.82 Å². The zero-order valence-corrected chi connectivity index (χ0v) is 69.5. The van der Waals surface area contributed by atoms with Gasteiger partial charge in [0, 0.05) is 12.8 Å². The van der Waals surface area contributed by atoms with Crippen LogP contribution in [0.1, 0.15) is 483 Å². The average Bonchev–Trinajstić information content (AvgIpc) is 0.958. The number of esters is 2. The number of likely N-dealkylation sites (N-methyl/N-ethyl adjacent to an activating group) is 1. The minimum absolute atomic E-state index is 0.0268. The highest BCUT2D eigenvalue weighted by molar-refractivity contribution is 7.45. The van der Waals surface area contributed by atoms with E-state index in [0.29, 0.717) is 17.4 Å². The van der Waals surface area contributed by atoms with E-state index in [0.717, 1.165) is 44.9 Å². The van der Waals surface area contributed by atoms with Gasteiger partial charge in [-0.2, -0.15) is 0 Å². The number of phosphoric acid groups is 1. The third-order valence-electron chi connectivity index (χ3n) is 20.9. The number of nitrogens with zero attached hydrogens (tertiary/aromatic N) is 1. The normalized spacial score (nSPS) is 13.0. The molecule has 0 heterocycles. The quantitative estimate of drug-likeness (QED) is 0.0195. The molecule has 0 radical (unpaired) electrons. The highest BCUT2D eigenvalue weighted by Gasteiger charge is 2.22. The van der Waals surface area contributed by atoms with E-state index in [-0.39, 0.29) is 32.0 Å². The summed E-state index contributed by atoms with van der Waals surface area (Å²) in [5.41, 5.74) is 0. The van der Waals surface area contributed by atoms with Crippen molar-refractivity contribution in [1.29, 1.82) is 0 Å². The van der Waals surface area contributed by atoms with Crippen molar-refractivity contribution in [2.24, 2.45) is 0 Å². The number of hydrogen-bond acceptors (Lipinski definition) is 8. The predicted octanol–water partition coefficient (Wildman–Crippen LogP) is 29.8. The van der Waals surface area contributed by atoms with Gasteiger partial charge in [-0.05, 0) is 51.4 Å². The Bertz CT molecular complexity index is 1800. The van der Waals surface area contributed by atoms with Crippen molar-refractivity contribution in [1.82, 2.24) is 0 Å². The van der Waals surface area contributed by atoms with E-state index in [1.807, 2.05) is 21.1 Å². The third-order valence-corrected chi connectivity index (χ3v) is 21.9. The molecular formula is C91H176NO8P. The highest BCUT2D eigenvalue weighted by Crippen LogP contribution is 2.38. The molecule has 0 bridgehead atoms. The largest absolute Gasteiger partial charge is 0.756 e. The smallest absolute Gasteiger partial charge is 0.306 e. The van der Waals surface area contributed by atoms with E-state index < -0.39 is 26.5 Å². The molecule has 0 spiro atoms. The molecule has 9 nitrogen and oxygen atoms in total. The number of hydrogen-bond donors (Lipinski definition) is 0. The summed E-state index contributed by atoms with van der Waals surface area (Å²) < 4.78 is 34.5. The van der Waals surface area contributed by atoms with Crippen LogP contribution in [0.25, 0.3) is 0 Å². The monoisotopic (exact) mass is 1440 g/mol. The van der Waals surface area contributed by atoms with Crippen LogP contribution in [-0.4, -0.2) is 70.0 Å². The van der Waals surface area contributed by atoms with Crippen LogP contribution in [-0.2, 0) is 32.7 Å². The van der Waals surface area contributed by atoms with Crippen LogP contribution in [0.3, 0.4) is 0 Å². The molecule has 598 valence electrons. The van der Waals surface area contributed by atoms with Gasteiger partial charge in [-0.15, -0.1) is 0 Å². The lowest BCUT2D eigenvalue weighted by molar-refractivity contribution is -0.870. The van der Waals surface area contributed by atoms with Gasteiger partial charge in [0.15, 0.2) is 6.10 Å². The lowest BCUT2D eigenvalue weighted by atomic mass is 10.0. The van der Waals surface area contributed by atoms with Gasteiger partial charge in [0.1, 0.15) is 19.8 Å². The highest BCUT2D eigenvalue weighted by atomic mass is 31.2. The Kier molecular flexibility index (Phi) is 80.8. The Labute approximate surface area is 631 Å². The van der Waals surface area contributed by atoms with Crippen LogP contribution in [0.5, 0.6) is 0 Å². The van der Waals surface area contributed by atoms with Crippen LogP contribution in [0.2, 0.25) is 0 Å². The summed E-state index contributed by atoms with van der Waals surface area (Å²) in [7, 11) is 1.20. The standard InChI is InChI=1S/C91H176NO8P/c1-6-8-10-12-14-16-18-20-22-24-26-28-30-32-34-36-38-40-42-44-45-46-48-49-51-53-55-57-59-61-63-65-67-69-71-73-75-77-79-81-83-90(93)97-87-89(88-99-101(95,96)98-86-85-92(3,4)5)100-91(94)84-82-80-78-76-74-72-70-68-66-64-62-60-58-56-54-52-50-47-43-41-39-37-35-33-31-29-27-25-23-21-19-17-15-13-11-9-7-2/h19,21,25,27,31,33,89H,6-18,20,22-24,26,28-30,32,34-88H2,1-5H3/b21-19-,27-25-,33-31-. The van der Waals surface area contributed by atoms with Crippen molar-refractivity contribution in [2.75, 3.05) is 47.5 Å². The van der Waals surface area contributed by atoms with Crippen molar-refractivity contribution in [3.8, 4) is 0 Å². The molecule has 0 saturated heterocycles. The van der Waals surface area contributed by atoms with E-state index in [4.69, 9.17) is 18.5 Å². The van der Waals surface area contributed by atoms with E-state index in [2.05, 4.69) is 50.3 Å². The molecule has 0 aliphatic heterocycles. The number of rotatable bonds is 86. The molecule has 10 heteroatoms. The van der Waals surface area contributed by atoms with Crippen molar-refractivity contribution >= 4 is 19.8 Å². The number of allylic oxidation sites excluding steroid dienone is 6. The van der Waals surface area contributed by atoms with E-state index in [9.17, 15) is 19.0 Å². The summed E-state index contributed by atoms with van der Waals surface area (Å²) in [6.45, 7) is 4.32. The van der Waals surface area contributed by atoms with Crippen molar-refractivity contribution < 1.29 is 42.1 Å². The third kappa shape index (κ3) is 87.0. The fraction of sp³-hybridized carbons (Fsp3) is 0.912. The molecule has 0 amide bonds. The molecule has 101 heavy (non-hydrogen) atoms. The number of carbonyl (C=O) groups is 2. The van der Waals surface area contributed by atoms with Crippen molar-refractivity contribution in [3.05, 3.63) is 36.5 Å². The lowest BCUT2D eigenvalue weighted by Gasteiger charge is -2.28. The fourth-order valence-electron chi connectivity index (χ4n) is 14.0. The summed E-state index contributed by atoms with van der Waals surface area (Å²) >= 11 is 0.